The Morgan fingerprint density at radius 1 is 1.38 bits per heavy atom. The zero-order chi connectivity index (χ0) is 11.4. The van der Waals surface area contributed by atoms with E-state index < -0.39 is 0 Å². The third-order valence-electron chi connectivity index (χ3n) is 2.30. The fourth-order valence-electron chi connectivity index (χ4n) is 1.40. The van der Waals surface area contributed by atoms with Gasteiger partial charge in [-0.05, 0) is 19.1 Å². The van der Waals surface area contributed by atoms with Crippen LogP contribution < -0.4 is 5.73 Å². The van der Waals surface area contributed by atoms with E-state index in [1.807, 2.05) is 31.5 Å². The highest BCUT2D eigenvalue weighted by atomic mass is 32.2. The van der Waals surface area contributed by atoms with Crippen molar-refractivity contribution in [1.82, 2.24) is 14.5 Å². The molecule has 2 rings (SSSR count). The van der Waals surface area contributed by atoms with Crippen molar-refractivity contribution < 1.29 is 0 Å². The number of pyridine rings is 1. The molecule has 0 aromatic carbocycles. The first-order valence-corrected chi connectivity index (χ1v) is 6.07. The third-order valence-corrected chi connectivity index (χ3v) is 3.30. The summed E-state index contributed by atoms with van der Waals surface area (Å²) in [6.07, 6.45) is 5.56. The van der Waals surface area contributed by atoms with Crippen LogP contribution >= 0.6 is 11.8 Å². The number of rotatable bonds is 4. The molecule has 2 N–H and O–H groups in total. The van der Waals surface area contributed by atoms with Crippen molar-refractivity contribution in [2.24, 2.45) is 0 Å². The van der Waals surface area contributed by atoms with E-state index in [1.165, 1.54) is 0 Å². The Morgan fingerprint density at radius 3 is 2.94 bits per heavy atom. The largest absolute Gasteiger partial charge is 0.397 e. The van der Waals surface area contributed by atoms with Gasteiger partial charge in [-0.25, -0.2) is 9.97 Å². The molecule has 0 aliphatic carbocycles. The summed E-state index contributed by atoms with van der Waals surface area (Å²) in [7, 11) is 0. The Morgan fingerprint density at radius 2 is 2.25 bits per heavy atom. The van der Waals surface area contributed by atoms with Crippen LogP contribution in [0.15, 0.2) is 35.7 Å². The van der Waals surface area contributed by atoms with Crippen LogP contribution in [0.25, 0.3) is 0 Å². The summed E-state index contributed by atoms with van der Waals surface area (Å²) in [6, 6.07) is 3.72. The third kappa shape index (κ3) is 2.55. The predicted octanol–water partition coefficient (Wildman–Crippen LogP) is 1.96. The van der Waals surface area contributed by atoms with E-state index in [-0.39, 0.29) is 0 Å². The van der Waals surface area contributed by atoms with Gasteiger partial charge in [0.25, 0.3) is 0 Å². The van der Waals surface area contributed by atoms with Crippen molar-refractivity contribution in [2.75, 3.05) is 11.5 Å². The Labute approximate surface area is 98.9 Å². The topological polar surface area (TPSA) is 56.7 Å². The Hall–Kier alpha value is -1.49. The maximum atomic E-state index is 5.81. The van der Waals surface area contributed by atoms with E-state index in [1.54, 1.807) is 18.0 Å². The molecule has 0 saturated heterocycles. The zero-order valence-electron chi connectivity index (χ0n) is 9.13. The van der Waals surface area contributed by atoms with Crippen LogP contribution in [0.5, 0.6) is 0 Å². The molecule has 5 heteroatoms. The van der Waals surface area contributed by atoms with Gasteiger partial charge in [0.15, 0.2) is 0 Å². The molecule has 4 nitrogen and oxygen atoms in total. The van der Waals surface area contributed by atoms with Gasteiger partial charge in [0.05, 0.1) is 5.69 Å². The predicted molar refractivity (Wildman–Crippen MR) is 66.3 cm³/mol. The van der Waals surface area contributed by atoms with Crippen LogP contribution in [0.1, 0.15) is 5.82 Å². The minimum Gasteiger partial charge on any atom is -0.397 e. The van der Waals surface area contributed by atoms with Crippen molar-refractivity contribution in [2.45, 2.75) is 18.5 Å². The second kappa shape index (κ2) is 5.03. The minimum absolute atomic E-state index is 0.745. The fraction of sp³-hybridized carbons (Fsp3) is 0.273. The molecule has 0 atom stereocenters. The Balaban J connectivity index is 1.89. The van der Waals surface area contributed by atoms with Gasteiger partial charge in [-0.3, -0.25) is 0 Å². The lowest BCUT2D eigenvalue weighted by molar-refractivity contribution is 0.737. The maximum Gasteiger partial charge on any atom is 0.119 e. The maximum absolute atomic E-state index is 5.81. The van der Waals surface area contributed by atoms with E-state index in [9.17, 15) is 0 Å². The number of aryl methyl sites for hydroxylation is 2. The van der Waals surface area contributed by atoms with Gasteiger partial charge >= 0.3 is 0 Å². The standard InChI is InChI=1S/C11H14N4S/c1-9-13-5-6-15(9)7-8-16-11-10(12)3-2-4-14-11/h2-6H,7-8,12H2,1H3. The van der Waals surface area contributed by atoms with Crippen molar-refractivity contribution in [3.63, 3.8) is 0 Å². The minimum atomic E-state index is 0.745. The van der Waals surface area contributed by atoms with Crippen LogP contribution in [0.3, 0.4) is 0 Å². The van der Waals surface area contributed by atoms with Gasteiger partial charge in [-0.1, -0.05) is 0 Å². The van der Waals surface area contributed by atoms with Gasteiger partial charge in [-0.2, -0.15) is 0 Å². The lowest BCUT2D eigenvalue weighted by Crippen LogP contribution is -2.02. The number of nitrogens with zero attached hydrogens (tertiary/aromatic N) is 3. The van der Waals surface area contributed by atoms with E-state index in [0.717, 1.165) is 28.8 Å². The molecule has 0 radical (unpaired) electrons. The molecular formula is C11H14N4S. The quantitative estimate of drug-likeness (QED) is 0.822. The van der Waals surface area contributed by atoms with Gasteiger partial charge in [0.1, 0.15) is 10.9 Å². The second-order valence-corrected chi connectivity index (χ2v) is 4.50. The Kier molecular flexibility index (Phi) is 3.46. The SMILES string of the molecule is Cc1nccn1CCSc1ncccc1N. The van der Waals surface area contributed by atoms with E-state index in [4.69, 9.17) is 5.73 Å². The molecule has 2 heterocycles. The summed E-state index contributed by atoms with van der Waals surface area (Å²) in [5.74, 6) is 1.98. The molecule has 2 aromatic heterocycles. The molecule has 0 spiro atoms. The number of hydrogen-bond acceptors (Lipinski definition) is 4. The molecule has 16 heavy (non-hydrogen) atoms. The van der Waals surface area contributed by atoms with Gasteiger partial charge in [-0.15, -0.1) is 11.8 Å². The highest BCUT2D eigenvalue weighted by molar-refractivity contribution is 7.99. The first kappa shape index (κ1) is 11.0. The molecular weight excluding hydrogens is 220 g/mol. The van der Waals surface area contributed by atoms with Crippen LogP contribution in [-0.4, -0.2) is 20.3 Å². The molecule has 2 aromatic rings. The molecule has 0 fully saturated rings. The average Bonchev–Trinajstić information content (AvgIpc) is 2.67. The first-order chi connectivity index (χ1) is 7.77. The summed E-state index contributed by atoms with van der Waals surface area (Å²) in [5, 5.41) is 0.903. The first-order valence-electron chi connectivity index (χ1n) is 5.08. The van der Waals surface area contributed by atoms with Crippen LogP contribution in [0.4, 0.5) is 5.69 Å². The average molecular weight is 234 g/mol. The Bertz CT molecular complexity index is 467. The smallest absolute Gasteiger partial charge is 0.119 e. The summed E-state index contributed by atoms with van der Waals surface area (Å²) < 4.78 is 2.12. The summed E-state index contributed by atoms with van der Waals surface area (Å²) in [6.45, 7) is 2.92. The normalized spacial score (nSPS) is 10.6. The van der Waals surface area contributed by atoms with Crippen LogP contribution in [0.2, 0.25) is 0 Å². The van der Waals surface area contributed by atoms with Crippen LogP contribution in [0, 0.1) is 6.92 Å². The summed E-state index contributed by atoms with van der Waals surface area (Å²) in [5.41, 5.74) is 6.55. The number of nitrogens with two attached hydrogens (primary N) is 1. The molecule has 0 amide bonds. The van der Waals surface area contributed by atoms with Crippen molar-refractivity contribution in [1.29, 1.82) is 0 Å². The van der Waals surface area contributed by atoms with E-state index in [2.05, 4.69) is 14.5 Å². The van der Waals surface area contributed by atoms with Gasteiger partial charge < -0.3 is 10.3 Å². The highest BCUT2D eigenvalue weighted by Gasteiger charge is 2.01. The van der Waals surface area contributed by atoms with Crippen molar-refractivity contribution in [3.8, 4) is 0 Å². The summed E-state index contributed by atoms with van der Waals surface area (Å²) >= 11 is 1.67. The highest BCUT2D eigenvalue weighted by Crippen LogP contribution is 2.21. The van der Waals surface area contributed by atoms with Crippen molar-refractivity contribution >= 4 is 17.4 Å². The lowest BCUT2D eigenvalue weighted by Gasteiger charge is -2.05. The number of nitrogen functional groups attached to an aromatic ring is 1. The molecule has 0 saturated carbocycles. The fourth-order valence-corrected chi connectivity index (χ4v) is 2.26. The van der Waals surface area contributed by atoms with E-state index >= 15 is 0 Å². The number of hydrogen-bond donors (Lipinski definition) is 1. The molecule has 0 bridgehead atoms. The van der Waals surface area contributed by atoms with Crippen LogP contribution in [-0.2, 0) is 6.54 Å². The molecule has 0 unspecified atom stereocenters. The van der Waals surface area contributed by atoms with Gasteiger partial charge in [0.2, 0.25) is 0 Å². The molecule has 0 aliphatic rings. The molecule has 0 aliphatic heterocycles. The van der Waals surface area contributed by atoms with Crippen molar-refractivity contribution in [3.05, 3.63) is 36.5 Å². The lowest BCUT2D eigenvalue weighted by atomic mass is 10.4. The second-order valence-electron chi connectivity index (χ2n) is 3.41. The number of anilines is 1. The van der Waals surface area contributed by atoms with E-state index in [0.29, 0.717) is 0 Å². The monoisotopic (exact) mass is 234 g/mol. The number of imidazole rings is 1. The zero-order valence-corrected chi connectivity index (χ0v) is 9.94. The number of aromatic nitrogens is 3. The summed E-state index contributed by atoms with van der Waals surface area (Å²) in [4.78, 5) is 8.41. The van der Waals surface area contributed by atoms with Gasteiger partial charge in [0, 0.05) is 30.9 Å². The molecule has 84 valence electrons. The number of thioether (sulfide) groups is 1.